The van der Waals surface area contributed by atoms with Crippen LogP contribution in [0.3, 0.4) is 0 Å². The molecular weight excluding hydrogens is 218 g/mol. The van der Waals surface area contributed by atoms with E-state index < -0.39 is 0 Å². The summed E-state index contributed by atoms with van der Waals surface area (Å²) in [5.74, 6) is 0.975. The average molecular weight is 241 g/mol. The van der Waals surface area contributed by atoms with Gasteiger partial charge < -0.3 is 19.8 Å². The minimum absolute atomic E-state index is 0.485. The van der Waals surface area contributed by atoms with E-state index in [4.69, 9.17) is 9.47 Å². The van der Waals surface area contributed by atoms with E-state index in [-0.39, 0.29) is 0 Å². The lowest BCUT2D eigenvalue weighted by Gasteiger charge is -2.05. The molecule has 17 heavy (non-hydrogen) atoms. The summed E-state index contributed by atoms with van der Waals surface area (Å²) < 4.78 is 10.3. The zero-order valence-electron chi connectivity index (χ0n) is 11.0. The maximum absolute atomic E-state index is 5.38. The number of ether oxygens (including phenoxy) is 2. The third-order valence-electron chi connectivity index (χ3n) is 2.30. The van der Waals surface area contributed by atoms with Crippen LogP contribution in [-0.2, 0) is 22.4 Å². The summed E-state index contributed by atoms with van der Waals surface area (Å²) in [6, 6.07) is 0.485. The Kier molecular flexibility index (Phi) is 6.84. The Morgan fingerprint density at radius 2 is 2.18 bits per heavy atom. The molecule has 1 aromatic rings. The fourth-order valence-corrected chi connectivity index (χ4v) is 1.35. The summed E-state index contributed by atoms with van der Waals surface area (Å²) >= 11 is 0. The average Bonchev–Trinajstić information content (AvgIpc) is 2.74. The monoisotopic (exact) mass is 241 g/mol. The lowest BCUT2D eigenvalue weighted by atomic mass is 10.3. The van der Waals surface area contributed by atoms with Crippen molar-refractivity contribution in [3.8, 4) is 0 Å². The minimum Gasteiger partial charge on any atom is -0.382 e. The van der Waals surface area contributed by atoms with Crippen molar-refractivity contribution in [2.75, 3.05) is 26.9 Å². The lowest BCUT2D eigenvalue weighted by molar-refractivity contribution is 0.0717. The summed E-state index contributed by atoms with van der Waals surface area (Å²) in [5, 5.41) is 3.34. The first-order valence-electron chi connectivity index (χ1n) is 6.05. The summed E-state index contributed by atoms with van der Waals surface area (Å²) in [6.07, 6.45) is 2.69. The second kappa shape index (κ2) is 8.22. The van der Waals surface area contributed by atoms with Gasteiger partial charge in [-0.3, -0.25) is 0 Å². The van der Waals surface area contributed by atoms with Gasteiger partial charge in [0.25, 0.3) is 0 Å². The molecule has 0 aliphatic heterocycles. The maximum Gasteiger partial charge on any atom is 0.108 e. The molecule has 0 aliphatic rings. The molecule has 0 atom stereocenters. The van der Waals surface area contributed by atoms with Gasteiger partial charge in [0, 0.05) is 38.0 Å². The smallest absolute Gasteiger partial charge is 0.108 e. The van der Waals surface area contributed by atoms with Crippen molar-refractivity contribution in [3.05, 3.63) is 17.7 Å². The van der Waals surface area contributed by atoms with Crippen molar-refractivity contribution in [2.45, 2.75) is 32.9 Å². The van der Waals surface area contributed by atoms with Crippen LogP contribution < -0.4 is 5.32 Å². The molecule has 0 spiro atoms. The van der Waals surface area contributed by atoms with Crippen LogP contribution in [0.4, 0.5) is 0 Å². The quantitative estimate of drug-likeness (QED) is 0.636. The van der Waals surface area contributed by atoms with Crippen LogP contribution >= 0.6 is 0 Å². The molecule has 0 aliphatic carbocycles. The van der Waals surface area contributed by atoms with Crippen LogP contribution in [0.15, 0.2) is 6.20 Å². The van der Waals surface area contributed by atoms with Gasteiger partial charge in [-0.25, -0.2) is 4.98 Å². The predicted octanol–water partition coefficient (Wildman–Crippen LogP) is 1.11. The van der Waals surface area contributed by atoms with Crippen LogP contribution in [0, 0.1) is 0 Å². The number of nitrogens with zero attached hydrogens (tertiary/aromatic N) is 1. The molecule has 0 amide bonds. The number of aromatic nitrogens is 2. The van der Waals surface area contributed by atoms with E-state index in [0.29, 0.717) is 25.9 Å². The second-order valence-electron chi connectivity index (χ2n) is 4.25. The molecule has 0 bridgehead atoms. The van der Waals surface area contributed by atoms with E-state index in [0.717, 1.165) is 24.5 Å². The molecule has 1 aromatic heterocycles. The molecule has 0 aromatic carbocycles. The van der Waals surface area contributed by atoms with E-state index in [9.17, 15) is 0 Å². The number of H-pyrrole nitrogens is 1. The van der Waals surface area contributed by atoms with Gasteiger partial charge in [-0.1, -0.05) is 13.8 Å². The van der Waals surface area contributed by atoms with E-state index in [1.165, 1.54) is 0 Å². The largest absolute Gasteiger partial charge is 0.382 e. The molecule has 1 rings (SSSR count). The highest BCUT2D eigenvalue weighted by Gasteiger charge is 2.01. The molecule has 2 N–H and O–H groups in total. The SMILES string of the molecule is COCCOCCc1ncc(CNC(C)C)[nH]1. The Labute approximate surface area is 103 Å². The third kappa shape index (κ3) is 6.41. The summed E-state index contributed by atoms with van der Waals surface area (Å²) in [7, 11) is 1.67. The van der Waals surface area contributed by atoms with Crippen LogP contribution in [0.25, 0.3) is 0 Å². The predicted molar refractivity (Wildman–Crippen MR) is 67.0 cm³/mol. The van der Waals surface area contributed by atoms with Gasteiger partial charge in [0.2, 0.25) is 0 Å². The normalized spacial score (nSPS) is 11.3. The Balaban J connectivity index is 2.17. The lowest BCUT2D eigenvalue weighted by Crippen LogP contribution is -2.21. The van der Waals surface area contributed by atoms with Crippen molar-refractivity contribution >= 4 is 0 Å². The number of rotatable bonds is 9. The zero-order chi connectivity index (χ0) is 12.5. The number of nitrogens with one attached hydrogen (secondary N) is 2. The minimum atomic E-state index is 0.485. The van der Waals surface area contributed by atoms with Crippen molar-refractivity contribution < 1.29 is 9.47 Å². The first-order valence-corrected chi connectivity index (χ1v) is 6.05. The molecule has 5 heteroatoms. The van der Waals surface area contributed by atoms with Crippen LogP contribution in [0.1, 0.15) is 25.4 Å². The van der Waals surface area contributed by atoms with Crippen LogP contribution in [-0.4, -0.2) is 42.9 Å². The fraction of sp³-hybridized carbons (Fsp3) is 0.750. The molecule has 5 nitrogen and oxygen atoms in total. The first-order chi connectivity index (χ1) is 8.22. The van der Waals surface area contributed by atoms with E-state index in [2.05, 4.69) is 29.1 Å². The Morgan fingerprint density at radius 3 is 2.88 bits per heavy atom. The van der Waals surface area contributed by atoms with E-state index >= 15 is 0 Å². The molecule has 98 valence electrons. The molecule has 0 fully saturated rings. The Bertz CT molecular complexity index is 300. The van der Waals surface area contributed by atoms with Gasteiger partial charge in [-0.15, -0.1) is 0 Å². The van der Waals surface area contributed by atoms with Gasteiger partial charge in [-0.2, -0.15) is 0 Å². The Hall–Kier alpha value is -0.910. The van der Waals surface area contributed by atoms with E-state index in [1.807, 2.05) is 6.20 Å². The topological polar surface area (TPSA) is 59.2 Å². The van der Waals surface area contributed by atoms with Gasteiger partial charge in [0.05, 0.1) is 19.8 Å². The van der Waals surface area contributed by atoms with Crippen LogP contribution in [0.5, 0.6) is 0 Å². The van der Waals surface area contributed by atoms with Gasteiger partial charge in [-0.05, 0) is 0 Å². The van der Waals surface area contributed by atoms with E-state index in [1.54, 1.807) is 7.11 Å². The number of hydrogen-bond donors (Lipinski definition) is 2. The van der Waals surface area contributed by atoms with Crippen molar-refractivity contribution in [1.82, 2.24) is 15.3 Å². The first kappa shape index (κ1) is 14.2. The molecule has 0 radical (unpaired) electrons. The van der Waals surface area contributed by atoms with Gasteiger partial charge >= 0.3 is 0 Å². The van der Waals surface area contributed by atoms with Crippen molar-refractivity contribution in [3.63, 3.8) is 0 Å². The summed E-state index contributed by atoms with van der Waals surface area (Å²) in [4.78, 5) is 7.58. The van der Waals surface area contributed by atoms with Crippen LogP contribution in [0.2, 0.25) is 0 Å². The molecule has 0 saturated carbocycles. The highest BCUT2D eigenvalue weighted by atomic mass is 16.5. The second-order valence-corrected chi connectivity index (χ2v) is 4.25. The summed E-state index contributed by atoms with van der Waals surface area (Å²) in [5.41, 5.74) is 1.12. The highest BCUT2D eigenvalue weighted by molar-refractivity contribution is 5.01. The number of hydrogen-bond acceptors (Lipinski definition) is 4. The molecular formula is C12H23N3O2. The van der Waals surface area contributed by atoms with Gasteiger partial charge in [0.15, 0.2) is 0 Å². The number of methoxy groups -OCH3 is 1. The summed E-state index contributed by atoms with van der Waals surface area (Å²) in [6.45, 7) is 7.03. The van der Waals surface area contributed by atoms with Crippen molar-refractivity contribution in [1.29, 1.82) is 0 Å². The standard InChI is InChI=1S/C12H23N3O2/c1-10(2)13-8-11-9-14-12(15-11)4-5-17-7-6-16-3/h9-10,13H,4-8H2,1-3H3,(H,14,15). The number of imidazole rings is 1. The molecule has 1 heterocycles. The fourth-order valence-electron chi connectivity index (χ4n) is 1.35. The highest BCUT2D eigenvalue weighted by Crippen LogP contribution is 1.99. The Morgan fingerprint density at radius 1 is 1.35 bits per heavy atom. The molecule has 0 unspecified atom stereocenters. The molecule has 0 saturated heterocycles. The number of aromatic amines is 1. The maximum atomic E-state index is 5.38. The van der Waals surface area contributed by atoms with Crippen molar-refractivity contribution in [2.24, 2.45) is 0 Å². The third-order valence-corrected chi connectivity index (χ3v) is 2.30. The van der Waals surface area contributed by atoms with Gasteiger partial charge in [0.1, 0.15) is 5.82 Å². The zero-order valence-corrected chi connectivity index (χ0v) is 11.0.